The average Bonchev–Trinajstić information content (AvgIpc) is 3.68. The van der Waals surface area contributed by atoms with Gasteiger partial charge in [0.15, 0.2) is 0 Å². The zero-order valence-corrected chi connectivity index (χ0v) is 24.8. The number of alkyl halides is 6. The second-order valence-electron chi connectivity index (χ2n) is 11.1. The first-order chi connectivity index (χ1) is 22.8. The van der Waals surface area contributed by atoms with Crippen LogP contribution in [0.15, 0.2) is 79.0 Å². The highest BCUT2D eigenvalue weighted by molar-refractivity contribution is 6.02. The van der Waals surface area contributed by atoms with Gasteiger partial charge in [-0.3, -0.25) is 9.69 Å². The van der Waals surface area contributed by atoms with E-state index in [-0.39, 0.29) is 0 Å². The van der Waals surface area contributed by atoms with Crippen LogP contribution in [0.1, 0.15) is 16.1 Å². The van der Waals surface area contributed by atoms with E-state index in [1.165, 1.54) is 12.1 Å². The molecule has 0 bridgehead atoms. The van der Waals surface area contributed by atoms with Gasteiger partial charge in [0.05, 0.1) is 0 Å². The number of rotatable bonds is 8. The van der Waals surface area contributed by atoms with Gasteiger partial charge in [-0.15, -0.1) is 0 Å². The van der Waals surface area contributed by atoms with Crippen LogP contribution in [0.2, 0.25) is 0 Å². The lowest BCUT2D eigenvalue weighted by Crippen LogP contribution is -2.46. The Kier molecular flexibility index (Phi) is 8.64. The molecule has 1 fully saturated rings. The van der Waals surface area contributed by atoms with E-state index < -0.39 is 41.9 Å². The fraction of sp³-hybridized carbons (Fsp3) is 0.242. The van der Waals surface area contributed by atoms with Crippen molar-refractivity contribution in [3.8, 4) is 11.1 Å². The molecule has 0 atom stereocenters. The van der Waals surface area contributed by atoms with Crippen molar-refractivity contribution in [3.05, 3.63) is 90.3 Å². The number of H-pyrrole nitrogens is 2. The normalized spacial score (nSPS) is 14.5. The van der Waals surface area contributed by atoms with Crippen molar-refractivity contribution < 1.29 is 50.2 Å². The lowest BCUT2D eigenvalue weighted by molar-refractivity contribution is -0.233. The van der Waals surface area contributed by atoms with E-state index >= 15 is 0 Å². The molecule has 0 radical (unpaired) electrons. The van der Waals surface area contributed by atoms with Gasteiger partial charge in [0.1, 0.15) is 0 Å². The average molecular weight is 673 g/mol. The van der Waals surface area contributed by atoms with Gasteiger partial charge in [-0.05, 0) is 29.8 Å². The summed E-state index contributed by atoms with van der Waals surface area (Å²) < 4.78 is 84.3. The number of para-hydroxylation sites is 1. The predicted octanol–water partition coefficient (Wildman–Crippen LogP) is 6.36. The smallest absolute Gasteiger partial charge is 0.410 e. The molecule has 1 saturated heterocycles. The van der Waals surface area contributed by atoms with Crippen molar-refractivity contribution in [1.82, 2.24) is 14.9 Å². The van der Waals surface area contributed by atoms with Crippen molar-refractivity contribution in [2.75, 3.05) is 31.1 Å². The summed E-state index contributed by atoms with van der Waals surface area (Å²) in [6, 6.07) is 20.9. The third-order valence-electron chi connectivity index (χ3n) is 8.01. The van der Waals surface area contributed by atoms with Crippen molar-refractivity contribution >= 4 is 45.2 Å². The van der Waals surface area contributed by atoms with Crippen molar-refractivity contribution in [1.29, 1.82) is 0 Å². The van der Waals surface area contributed by atoms with E-state index in [0.29, 0.717) is 12.1 Å². The number of fused-ring (bicyclic) bond motifs is 2. The largest absolute Gasteiger partial charge is 0.491 e. The molecule has 9 nitrogen and oxygen atoms in total. The van der Waals surface area contributed by atoms with Gasteiger partial charge < -0.3 is 24.3 Å². The Labute approximate surface area is 268 Å². The van der Waals surface area contributed by atoms with Crippen LogP contribution >= 0.6 is 0 Å². The zero-order valence-electron chi connectivity index (χ0n) is 24.8. The monoisotopic (exact) mass is 672 g/mol. The number of anilines is 1. The summed E-state index contributed by atoms with van der Waals surface area (Å²) in [5.74, 6) is -7.60. The summed E-state index contributed by atoms with van der Waals surface area (Å²) in [6.45, 7) is 3.64. The Morgan fingerprint density at radius 2 is 1.35 bits per heavy atom. The maximum Gasteiger partial charge on any atom is 0.491 e. The number of ether oxygens (including phenoxy) is 2. The molecule has 0 aliphatic carbocycles. The number of benzene rings is 3. The van der Waals surface area contributed by atoms with E-state index in [9.17, 15) is 40.7 Å². The van der Waals surface area contributed by atoms with Crippen LogP contribution in [0.5, 0.6) is 0 Å². The fourth-order valence-corrected chi connectivity index (χ4v) is 5.76. The number of esters is 2. The Morgan fingerprint density at radius 3 is 2.00 bits per heavy atom. The van der Waals surface area contributed by atoms with Crippen molar-refractivity contribution in [2.24, 2.45) is 0 Å². The molecule has 1 aliphatic heterocycles. The first-order valence-corrected chi connectivity index (χ1v) is 14.6. The summed E-state index contributed by atoms with van der Waals surface area (Å²) in [7, 11) is 0. The Hall–Kier alpha value is -5.31. The van der Waals surface area contributed by atoms with Gasteiger partial charge in [-0.2, -0.15) is 26.3 Å². The maximum absolute atomic E-state index is 12.9. The van der Waals surface area contributed by atoms with Gasteiger partial charge in [-0.25, -0.2) is 9.59 Å². The summed E-state index contributed by atoms with van der Waals surface area (Å²) in [5, 5.41) is 1.99. The highest BCUT2D eigenvalue weighted by atomic mass is 19.4. The molecule has 6 rings (SSSR count). The van der Waals surface area contributed by atoms with Crippen LogP contribution in [0.4, 0.5) is 32.0 Å². The number of nitrogens with zero attached hydrogens (tertiary/aromatic N) is 2. The molecule has 1 aliphatic rings. The molecule has 3 heterocycles. The minimum absolute atomic E-state index is 0.455. The number of aromatic amines is 2. The number of carbonyl (C=O) groups excluding carboxylic acids is 3. The van der Waals surface area contributed by atoms with Gasteiger partial charge in [-0.1, -0.05) is 48.5 Å². The highest BCUT2D eigenvalue weighted by Crippen LogP contribution is 2.35. The van der Waals surface area contributed by atoms with E-state index in [1.807, 2.05) is 42.6 Å². The van der Waals surface area contributed by atoms with Gasteiger partial charge in [0.2, 0.25) is 5.78 Å². The predicted molar refractivity (Wildman–Crippen MR) is 162 cm³/mol. The lowest BCUT2D eigenvalue weighted by Gasteiger charge is -2.36. The molecule has 250 valence electrons. The van der Waals surface area contributed by atoms with Crippen LogP contribution in [0, 0.1) is 0 Å². The van der Waals surface area contributed by atoms with E-state index in [1.54, 1.807) is 0 Å². The molecule has 0 amide bonds. The third kappa shape index (κ3) is 6.72. The minimum Gasteiger partial charge on any atom is -0.410 e. The molecule has 2 N–H and O–H groups in total. The fourth-order valence-electron chi connectivity index (χ4n) is 5.76. The number of hydrogen-bond acceptors (Lipinski definition) is 7. The Balaban J connectivity index is 1.22. The number of halogens is 6. The second kappa shape index (κ2) is 12.7. The summed E-state index contributed by atoms with van der Waals surface area (Å²) in [5.41, 5.74) is 4.82. The summed E-state index contributed by atoms with van der Waals surface area (Å²) in [4.78, 5) is 46.8. The highest BCUT2D eigenvalue weighted by Gasteiger charge is 2.48. The number of ketones is 1. The summed E-state index contributed by atoms with van der Waals surface area (Å²) >= 11 is 0. The molecule has 0 spiro atoms. The Bertz CT molecular complexity index is 1950. The molecule has 0 saturated carbocycles. The number of hydrogen-bond donors (Lipinski definition) is 2. The molecule has 2 aromatic heterocycles. The molecular formula is C33H26F6N4O5. The van der Waals surface area contributed by atoms with Crippen LogP contribution in [-0.2, 0) is 25.6 Å². The van der Waals surface area contributed by atoms with Crippen LogP contribution < -0.4 is 4.90 Å². The van der Waals surface area contributed by atoms with Gasteiger partial charge >= 0.3 is 30.6 Å². The number of piperazine rings is 1. The third-order valence-corrected chi connectivity index (χ3v) is 8.01. The van der Waals surface area contributed by atoms with E-state index in [2.05, 4.69) is 41.4 Å². The van der Waals surface area contributed by atoms with Crippen LogP contribution in [0.25, 0.3) is 32.9 Å². The van der Waals surface area contributed by atoms with Gasteiger partial charge in [0, 0.05) is 83.2 Å². The van der Waals surface area contributed by atoms with Crippen LogP contribution in [0.3, 0.4) is 0 Å². The maximum atomic E-state index is 12.9. The molecule has 5 aromatic rings. The molecule has 3 aromatic carbocycles. The molecule has 48 heavy (non-hydrogen) atoms. The van der Waals surface area contributed by atoms with Crippen molar-refractivity contribution in [3.63, 3.8) is 0 Å². The lowest BCUT2D eigenvalue weighted by atomic mass is 9.99. The second-order valence-corrected chi connectivity index (χ2v) is 11.1. The topological polar surface area (TPSA) is 108 Å². The number of nitrogens with one attached hydrogen (secondary N) is 2. The number of aromatic nitrogens is 2. The number of Topliss-reactive ketones (excluding diaryl/α,β-unsaturated/α-hetero) is 1. The minimum atomic E-state index is -5.66. The van der Waals surface area contributed by atoms with Gasteiger partial charge in [0.25, 0.3) is 0 Å². The SMILES string of the molecule is O=C(c1ccc(-c2c(CN3CCN(c4cccc5[nH]ccc45)CC3)[nH]c3ccccc23)cc1)C(OC(=O)C(F)(F)F)OC(=O)C(F)(F)F. The van der Waals surface area contributed by atoms with Crippen LogP contribution in [-0.4, -0.2) is 77.4 Å². The summed E-state index contributed by atoms with van der Waals surface area (Å²) in [6.07, 6.45) is -12.5. The van der Waals surface area contributed by atoms with E-state index in [0.717, 1.165) is 77.1 Å². The van der Waals surface area contributed by atoms with Crippen molar-refractivity contribution in [2.45, 2.75) is 25.2 Å². The molecule has 15 heteroatoms. The quantitative estimate of drug-likeness (QED) is 0.0856. The Morgan fingerprint density at radius 1 is 0.729 bits per heavy atom. The zero-order chi connectivity index (χ0) is 34.2. The first kappa shape index (κ1) is 32.6. The van der Waals surface area contributed by atoms with E-state index in [4.69, 9.17) is 0 Å². The first-order valence-electron chi connectivity index (χ1n) is 14.6. The number of carbonyl (C=O) groups is 3. The standard InChI is InChI=1S/C33H26F6N4O5/c34-32(35,36)30(45)47-29(48-31(46)33(37,38)39)28(44)20-10-8-19(9-11-20)27-22-4-1-2-5-24(22)41-25(27)18-42-14-16-43(17-15-42)26-7-3-6-23-21(26)12-13-40-23/h1-13,29,40-41H,14-18H2. The molecular weight excluding hydrogens is 646 g/mol. The molecule has 0 unspecified atom stereocenters.